The third kappa shape index (κ3) is 6.13. The van der Waals surface area contributed by atoms with Gasteiger partial charge in [-0.2, -0.15) is 0 Å². The molecule has 0 unspecified atom stereocenters. The van der Waals surface area contributed by atoms with Crippen LogP contribution in [0, 0.1) is 0 Å². The number of phenols is 1. The standard InChI is InChI=1S/C26H29NO3/c1-3-17-27(18-16-21-12-14-24(28)15-13-21)19-23-10-7-11-25(29-2)26(23)30-20-22-8-5-4-6-9-22/h3-15,28H,1,16-20H2,2H3. The molecule has 0 aliphatic heterocycles. The summed E-state index contributed by atoms with van der Waals surface area (Å²) >= 11 is 0. The molecule has 0 heterocycles. The van der Waals surface area contributed by atoms with Crippen molar-refractivity contribution in [2.75, 3.05) is 20.2 Å². The number of aromatic hydroxyl groups is 1. The van der Waals surface area contributed by atoms with Crippen molar-refractivity contribution in [3.8, 4) is 17.2 Å². The minimum Gasteiger partial charge on any atom is -0.508 e. The van der Waals surface area contributed by atoms with Gasteiger partial charge in [-0.1, -0.05) is 60.7 Å². The van der Waals surface area contributed by atoms with Crippen molar-refractivity contribution in [1.82, 2.24) is 4.90 Å². The Morgan fingerprint density at radius 1 is 0.933 bits per heavy atom. The molecule has 0 saturated carbocycles. The predicted molar refractivity (Wildman–Crippen MR) is 121 cm³/mol. The molecule has 30 heavy (non-hydrogen) atoms. The van der Waals surface area contributed by atoms with Crippen LogP contribution in [0.1, 0.15) is 16.7 Å². The molecule has 0 aromatic heterocycles. The Bertz CT molecular complexity index is 923. The van der Waals surface area contributed by atoms with E-state index in [1.165, 1.54) is 5.56 Å². The monoisotopic (exact) mass is 403 g/mol. The minimum absolute atomic E-state index is 0.290. The SMILES string of the molecule is C=CCN(CCc1ccc(O)cc1)Cc1cccc(OC)c1OCc1ccccc1. The molecule has 156 valence electrons. The van der Waals surface area contributed by atoms with Gasteiger partial charge in [0, 0.05) is 25.2 Å². The van der Waals surface area contributed by atoms with Gasteiger partial charge in [0.25, 0.3) is 0 Å². The molecule has 0 aliphatic rings. The summed E-state index contributed by atoms with van der Waals surface area (Å²) in [5.41, 5.74) is 3.38. The van der Waals surface area contributed by atoms with Gasteiger partial charge in [0.2, 0.25) is 0 Å². The van der Waals surface area contributed by atoms with Gasteiger partial charge >= 0.3 is 0 Å². The van der Waals surface area contributed by atoms with Crippen molar-refractivity contribution in [2.45, 2.75) is 19.6 Å². The number of hydrogen-bond acceptors (Lipinski definition) is 4. The lowest BCUT2D eigenvalue weighted by molar-refractivity contribution is 0.262. The van der Waals surface area contributed by atoms with E-state index in [0.29, 0.717) is 12.4 Å². The Morgan fingerprint density at radius 3 is 2.40 bits per heavy atom. The van der Waals surface area contributed by atoms with Crippen LogP contribution in [-0.2, 0) is 19.6 Å². The predicted octanol–water partition coefficient (Wildman–Crippen LogP) is 5.21. The van der Waals surface area contributed by atoms with Gasteiger partial charge in [-0.05, 0) is 35.7 Å². The second kappa shape index (κ2) is 11.1. The Balaban J connectivity index is 1.72. The highest BCUT2D eigenvalue weighted by Gasteiger charge is 2.14. The van der Waals surface area contributed by atoms with Crippen molar-refractivity contribution in [3.05, 3.63) is 102 Å². The van der Waals surface area contributed by atoms with Crippen molar-refractivity contribution in [1.29, 1.82) is 0 Å². The van der Waals surface area contributed by atoms with Crippen LogP contribution in [0.25, 0.3) is 0 Å². The van der Waals surface area contributed by atoms with Gasteiger partial charge < -0.3 is 14.6 Å². The van der Waals surface area contributed by atoms with Gasteiger partial charge in [-0.15, -0.1) is 6.58 Å². The first-order valence-corrected chi connectivity index (χ1v) is 10.1. The van der Waals surface area contributed by atoms with Crippen LogP contribution < -0.4 is 9.47 Å². The van der Waals surface area contributed by atoms with Crippen LogP contribution >= 0.6 is 0 Å². The van der Waals surface area contributed by atoms with E-state index < -0.39 is 0 Å². The van der Waals surface area contributed by atoms with E-state index in [4.69, 9.17) is 9.47 Å². The van der Waals surface area contributed by atoms with Crippen molar-refractivity contribution in [2.24, 2.45) is 0 Å². The molecule has 1 N–H and O–H groups in total. The number of nitrogens with zero attached hydrogens (tertiary/aromatic N) is 1. The first-order valence-electron chi connectivity index (χ1n) is 10.1. The third-order valence-electron chi connectivity index (χ3n) is 4.94. The molecule has 0 atom stereocenters. The summed E-state index contributed by atoms with van der Waals surface area (Å²) < 4.78 is 11.8. The first kappa shape index (κ1) is 21.5. The normalized spacial score (nSPS) is 10.7. The quantitative estimate of drug-likeness (QED) is 0.446. The highest BCUT2D eigenvalue weighted by atomic mass is 16.5. The molecule has 0 saturated heterocycles. The van der Waals surface area contributed by atoms with Gasteiger partial charge in [0.15, 0.2) is 11.5 Å². The molecular formula is C26H29NO3. The van der Waals surface area contributed by atoms with Gasteiger partial charge in [-0.25, -0.2) is 0 Å². The Hall–Kier alpha value is -3.24. The average molecular weight is 404 g/mol. The van der Waals surface area contributed by atoms with Crippen LogP contribution in [0.5, 0.6) is 17.2 Å². The molecular weight excluding hydrogens is 374 g/mol. The number of para-hydroxylation sites is 1. The maximum absolute atomic E-state index is 9.48. The zero-order chi connectivity index (χ0) is 21.2. The lowest BCUT2D eigenvalue weighted by Crippen LogP contribution is -2.26. The lowest BCUT2D eigenvalue weighted by Gasteiger charge is -2.23. The summed E-state index contributed by atoms with van der Waals surface area (Å²) in [5.74, 6) is 1.81. The second-order valence-electron chi connectivity index (χ2n) is 7.16. The fraction of sp³-hybridized carbons (Fsp3) is 0.231. The number of rotatable bonds is 11. The number of hydrogen-bond donors (Lipinski definition) is 1. The fourth-order valence-electron chi connectivity index (χ4n) is 3.35. The Labute approximate surface area is 179 Å². The van der Waals surface area contributed by atoms with Crippen molar-refractivity contribution in [3.63, 3.8) is 0 Å². The molecule has 4 heteroatoms. The van der Waals surface area contributed by atoms with E-state index in [0.717, 1.165) is 48.7 Å². The molecule has 3 aromatic carbocycles. The van der Waals surface area contributed by atoms with Crippen LogP contribution in [0.4, 0.5) is 0 Å². The second-order valence-corrected chi connectivity index (χ2v) is 7.16. The summed E-state index contributed by atoms with van der Waals surface area (Å²) in [6, 6.07) is 23.5. The molecule has 3 aromatic rings. The molecule has 0 aliphatic carbocycles. The summed E-state index contributed by atoms with van der Waals surface area (Å²) in [5, 5.41) is 9.48. The first-order chi connectivity index (χ1) is 14.7. The molecule has 0 radical (unpaired) electrons. The molecule has 4 nitrogen and oxygen atoms in total. The number of benzene rings is 3. The number of phenolic OH excluding ortho intramolecular Hbond substituents is 1. The lowest BCUT2D eigenvalue weighted by atomic mass is 10.1. The Morgan fingerprint density at radius 2 is 1.70 bits per heavy atom. The number of ether oxygens (including phenoxy) is 2. The minimum atomic E-state index is 0.290. The molecule has 3 rings (SSSR count). The zero-order valence-electron chi connectivity index (χ0n) is 17.5. The molecule has 0 amide bonds. The van der Waals surface area contributed by atoms with Crippen molar-refractivity contribution < 1.29 is 14.6 Å². The average Bonchev–Trinajstić information content (AvgIpc) is 2.78. The topological polar surface area (TPSA) is 41.9 Å². The van der Waals surface area contributed by atoms with E-state index in [2.05, 4.69) is 29.7 Å². The maximum Gasteiger partial charge on any atom is 0.166 e. The van der Waals surface area contributed by atoms with E-state index >= 15 is 0 Å². The summed E-state index contributed by atoms with van der Waals surface area (Å²) in [6.07, 6.45) is 2.81. The Kier molecular flexibility index (Phi) is 7.93. The van der Waals surface area contributed by atoms with E-state index in [-0.39, 0.29) is 0 Å². The smallest absolute Gasteiger partial charge is 0.166 e. The largest absolute Gasteiger partial charge is 0.508 e. The summed E-state index contributed by atoms with van der Waals surface area (Å²) in [4.78, 5) is 2.32. The highest BCUT2D eigenvalue weighted by Crippen LogP contribution is 2.32. The summed E-state index contributed by atoms with van der Waals surface area (Å²) in [7, 11) is 1.67. The highest BCUT2D eigenvalue weighted by molar-refractivity contribution is 5.46. The molecule has 0 bridgehead atoms. The summed E-state index contributed by atoms with van der Waals surface area (Å²) in [6.45, 7) is 6.77. The van der Waals surface area contributed by atoms with Gasteiger partial charge in [-0.3, -0.25) is 4.90 Å². The van der Waals surface area contributed by atoms with E-state index in [9.17, 15) is 5.11 Å². The molecule has 0 fully saturated rings. The van der Waals surface area contributed by atoms with Crippen LogP contribution in [0.2, 0.25) is 0 Å². The molecule has 0 spiro atoms. The zero-order valence-corrected chi connectivity index (χ0v) is 17.5. The van der Waals surface area contributed by atoms with Crippen LogP contribution in [0.3, 0.4) is 0 Å². The third-order valence-corrected chi connectivity index (χ3v) is 4.94. The van der Waals surface area contributed by atoms with E-state index in [1.54, 1.807) is 19.2 Å². The fourth-order valence-corrected chi connectivity index (χ4v) is 3.35. The maximum atomic E-state index is 9.48. The van der Waals surface area contributed by atoms with Gasteiger partial charge in [0.05, 0.1) is 7.11 Å². The van der Waals surface area contributed by atoms with E-state index in [1.807, 2.05) is 48.5 Å². The van der Waals surface area contributed by atoms with Gasteiger partial charge in [0.1, 0.15) is 12.4 Å². The van der Waals surface area contributed by atoms with Crippen molar-refractivity contribution >= 4 is 0 Å². The van der Waals surface area contributed by atoms with Crippen LogP contribution in [0.15, 0.2) is 85.5 Å². The van der Waals surface area contributed by atoms with Crippen LogP contribution in [-0.4, -0.2) is 30.2 Å². The number of methoxy groups -OCH3 is 1.